The van der Waals surface area contributed by atoms with Gasteiger partial charge in [-0.05, 0) is 0 Å². The molecule has 0 amide bonds. The first-order valence-corrected chi connectivity index (χ1v) is 3.80. The molecule has 0 N–H and O–H groups in total. The number of carbonyl (C=O) groups excluding carboxylic acids is 1. The number of rotatable bonds is 4. The SMILES string of the molecule is O=C(CN1CC1)OCCCl. The van der Waals surface area contributed by atoms with Gasteiger partial charge in [-0.2, -0.15) is 0 Å². The van der Waals surface area contributed by atoms with Gasteiger partial charge < -0.3 is 4.74 Å². The molecule has 0 saturated carbocycles. The van der Waals surface area contributed by atoms with Gasteiger partial charge in [0, 0.05) is 13.1 Å². The molecule has 0 aromatic rings. The highest BCUT2D eigenvalue weighted by molar-refractivity contribution is 6.18. The third kappa shape index (κ3) is 3.03. The molecule has 58 valence electrons. The normalized spacial score (nSPS) is 16.9. The van der Waals surface area contributed by atoms with E-state index in [4.69, 9.17) is 16.3 Å². The summed E-state index contributed by atoms with van der Waals surface area (Å²) in [6.07, 6.45) is 0. The minimum atomic E-state index is -0.168. The molecule has 0 unspecified atom stereocenters. The Morgan fingerprint density at radius 3 is 2.80 bits per heavy atom. The van der Waals surface area contributed by atoms with Crippen LogP contribution in [0.2, 0.25) is 0 Å². The van der Waals surface area contributed by atoms with Gasteiger partial charge in [-0.25, -0.2) is 0 Å². The van der Waals surface area contributed by atoms with Crippen molar-refractivity contribution in [3.63, 3.8) is 0 Å². The predicted molar refractivity (Wildman–Crippen MR) is 38.1 cm³/mol. The number of halogens is 1. The van der Waals surface area contributed by atoms with E-state index in [1.54, 1.807) is 0 Å². The van der Waals surface area contributed by atoms with Gasteiger partial charge in [-0.3, -0.25) is 9.69 Å². The van der Waals surface area contributed by atoms with Gasteiger partial charge >= 0.3 is 5.97 Å². The first kappa shape index (κ1) is 7.82. The summed E-state index contributed by atoms with van der Waals surface area (Å²) in [5, 5.41) is 0. The number of esters is 1. The molecule has 0 aromatic heterocycles. The summed E-state index contributed by atoms with van der Waals surface area (Å²) in [5.74, 6) is 0.212. The van der Waals surface area contributed by atoms with Crippen molar-refractivity contribution < 1.29 is 9.53 Å². The van der Waals surface area contributed by atoms with E-state index in [9.17, 15) is 4.79 Å². The van der Waals surface area contributed by atoms with Crippen LogP contribution in [0.15, 0.2) is 0 Å². The average Bonchev–Trinajstić information content (AvgIpc) is 2.67. The molecule has 0 atom stereocenters. The minimum absolute atomic E-state index is 0.168. The van der Waals surface area contributed by atoms with Crippen molar-refractivity contribution in [1.29, 1.82) is 0 Å². The van der Waals surface area contributed by atoms with Crippen LogP contribution >= 0.6 is 11.6 Å². The van der Waals surface area contributed by atoms with Gasteiger partial charge in [-0.15, -0.1) is 11.6 Å². The van der Waals surface area contributed by atoms with Gasteiger partial charge in [0.15, 0.2) is 0 Å². The minimum Gasteiger partial charge on any atom is -0.463 e. The molecular formula is C6H10ClNO2. The summed E-state index contributed by atoms with van der Waals surface area (Å²) < 4.78 is 4.73. The molecule has 1 rings (SSSR count). The second-order valence-electron chi connectivity index (χ2n) is 2.19. The van der Waals surface area contributed by atoms with E-state index in [0.717, 1.165) is 13.1 Å². The highest BCUT2D eigenvalue weighted by atomic mass is 35.5. The second-order valence-corrected chi connectivity index (χ2v) is 2.56. The Bertz CT molecular complexity index is 125. The van der Waals surface area contributed by atoms with Crippen LogP contribution in [0.1, 0.15) is 0 Å². The van der Waals surface area contributed by atoms with Crippen molar-refractivity contribution in [2.45, 2.75) is 0 Å². The lowest BCUT2D eigenvalue weighted by Gasteiger charge is -2.00. The molecule has 0 aliphatic carbocycles. The number of ether oxygens (including phenoxy) is 1. The molecule has 0 spiro atoms. The second kappa shape index (κ2) is 3.78. The molecule has 1 heterocycles. The van der Waals surface area contributed by atoms with Crippen molar-refractivity contribution in [2.24, 2.45) is 0 Å². The molecule has 0 radical (unpaired) electrons. The first-order valence-electron chi connectivity index (χ1n) is 3.27. The van der Waals surface area contributed by atoms with Crippen LogP contribution in [-0.4, -0.2) is 43.0 Å². The highest BCUT2D eigenvalue weighted by Gasteiger charge is 2.20. The molecule has 1 fully saturated rings. The van der Waals surface area contributed by atoms with E-state index in [1.807, 2.05) is 4.90 Å². The quantitative estimate of drug-likeness (QED) is 0.334. The van der Waals surface area contributed by atoms with Crippen LogP contribution < -0.4 is 0 Å². The zero-order chi connectivity index (χ0) is 7.40. The molecule has 3 nitrogen and oxygen atoms in total. The zero-order valence-corrected chi connectivity index (χ0v) is 6.43. The number of nitrogens with zero attached hydrogens (tertiary/aromatic N) is 1. The van der Waals surface area contributed by atoms with Crippen LogP contribution in [0.25, 0.3) is 0 Å². The maximum atomic E-state index is 10.7. The summed E-state index contributed by atoms with van der Waals surface area (Å²) >= 11 is 5.31. The smallest absolute Gasteiger partial charge is 0.320 e. The van der Waals surface area contributed by atoms with E-state index < -0.39 is 0 Å². The van der Waals surface area contributed by atoms with Gasteiger partial charge in [0.1, 0.15) is 6.61 Å². The molecule has 0 aromatic carbocycles. The average molecular weight is 164 g/mol. The number of alkyl halides is 1. The van der Waals surface area contributed by atoms with Crippen molar-refractivity contribution in [3.8, 4) is 0 Å². The van der Waals surface area contributed by atoms with Gasteiger partial charge in [-0.1, -0.05) is 0 Å². The standard InChI is InChI=1S/C6H10ClNO2/c7-1-4-10-6(9)5-8-2-3-8/h1-5H2. The fourth-order valence-electron chi connectivity index (χ4n) is 0.609. The lowest BCUT2D eigenvalue weighted by Crippen LogP contribution is -2.17. The van der Waals surface area contributed by atoms with Crippen molar-refractivity contribution >= 4 is 17.6 Å². The summed E-state index contributed by atoms with van der Waals surface area (Å²) in [4.78, 5) is 12.7. The Morgan fingerprint density at radius 2 is 2.30 bits per heavy atom. The van der Waals surface area contributed by atoms with E-state index in [0.29, 0.717) is 19.0 Å². The molecule has 4 heteroatoms. The third-order valence-corrected chi connectivity index (χ3v) is 1.39. The maximum absolute atomic E-state index is 10.7. The van der Waals surface area contributed by atoms with E-state index in [-0.39, 0.29) is 5.97 Å². The molecule has 1 aliphatic heterocycles. The van der Waals surface area contributed by atoms with E-state index >= 15 is 0 Å². The number of hydrogen-bond acceptors (Lipinski definition) is 3. The maximum Gasteiger partial charge on any atom is 0.320 e. The largest absolute Gasteiger partial charge is 0.463 e. The van der Waals surface area contributed by atoms with E-state index in [2.05, 4.69) is 0 Å². The molecule has 1 saturated heterocycles. The lowest BCUT2D eigenvalue weighted by molar-refractivity contribution is -0.142. The Labute approximate surface area is 64.9 Å². The van der Waals surface area contributed by atoms with Crippen LogP contribution in [0.5, 0.6) is 0 Å². The number of hydrogen-bond donors (Lipinski definition) is 0. The molecule has 1 aliphatic rings. The Balaban J connectivity index is 1.97. The van der Waals surface area contributed by atoms with Crippen molar-refractivity contribution in [3.05, 3.63) is 0 Å². The van der Waals surface area contributed by atoms with Crippen LogP contribution in [0.3, 0.4) is 0 Å². The fourth-order valence-corrected chi connectivity index (χ4v) is 0.687. The van der Waals surface area contributed by atoms with Crippen LogP contribution in [0.4, 0.5) is 0 Å². The molecule has 10 heavy (non-hydrogen) atoms. The molecule has 0 bridgehead atoms. The van der Waals surface area contributed by atoms with Crippen molar-refractivity contribution in [1.82, 2.24) is 4.90 Å². The van der Waals surface area contributed by atoms with Gasteiger partial charge in [0.25, 0.3) is 0 Å². The first-order chi connectivity index (χ1) is 4.83. The Hall–Kier alpha value is -0.280. The molecular weight excluding hydrogens is 154 g/mol. The number of carbonyl (C=O) groups is 1. The third-order valence-electron chi connectivity index (χ3n) is 1.23. The van der Waals surface area contributed by atoms with Crippen LogP contribution in [-0.2, 0) is 9.53 Å². The van der Waals surface area contributed by atoms with E-state index in [1.165, 1.54) is 0 Å². The summed E-state index contributed by atoms with van der Waals surface area (Å²) in [7, 11) is 0. The summed E-state index contributed by atoms with van der Waals surface area (Å²) in [5.41, 5.74) is 0. The Morgan fingerprint density at radius 1 is 1.60 bits per heavy atom. The summed E-state index contributed by atoms with van der Waals surface area (Å²) in [6, 6.07) is 0. The van der Waals surface area contributed by atoms with Crippen LogP contribution in [0, 0.1) is 0 Å². The van der Waals surface area contributed by atoms with Gasteiger partial charge in [0.05, 0.1) is 12.4 Å². The summed E-state index contributed by atoms with van der Waals surface area (Å²) in [6.45, 7) is 2.80. The topological polar surface area (TPSA) is 29.3 Å². The fraction of sp³-hybridized carbons (Fsp3) is 0.833. The zero-order valence-electron chi connectivity index (χ0n) is 5.68. The predicted octanol–water partition coefficient (Wildman–Crippen LogP) is 0.0840. The van der Waals surface area contributed by atoms with Gasteiger partial charge in [0.2, 0.25) is 0 Å². The lowest BCUT2D eigenvalue weighted by atomic mass is 10.6. The van der Waals surface area contributed by atoms with Crippen molar-refractivity contribution in [2.75, 3.05) is 32.1 Å². The Kier molecular flexibility index (Phi) is 2.96. The monoisotopic (exact) mass is 163 g/mol. The highest BCUT2D eigenvalue weighted by Crippen LogP contribution is 2.01.